The predicted molar refractivity (Wildman–Crippen MR) is 78.2 cm³/mol. The van der Waals surface area contributed by atoms with Crippen LogP contribution < -0.4 is 10.6 Å². The second kappa shape index (κ2) is 6.86. The van der Waals surface area contributed by atoms with E-state index in [1.54, 1.807) is 18.2 Å². The number of benzene rings is 1. The molecule has 1 amide bonds. The predicted octanol–water partition coefficient (Wildman–Crippen LogP) is 2.27. The number of aliphatic carboxylic acids is 1. The minimum atomic E-state index is -1.04. The molecular formula is C12H11ClN2O3S. The molecule has 0 heterocycles. The van der Waals surface area contributed by atoms with Crippen LogP contribution in [0.3, 0.4) is 0 Å². The fourth-order valence-electron chi connectivity index (χ4n) is 1.22. The summed E-state index contributed by atoms with van der Waals surface area (Å²) in [4.78, 5) is 21.3. The summed E-state index contributed by atoms with van der Waals surface area (Å²) in [6.45, 7) is 1.33. The topological polar surface area (TPSA) is 78.4 Å². The lowest BCUT2D eigenvalue weighted by molar-refractivity contribution is -0.131. The third kappa shape index (κ3) is 5.50. The summed E-state index contributed by atoms with van der Waals surface area (Å²) in [6.07, 6.45) is 2.43. The summed E-state index contributed by atoms with van der Waals surface area (Å²) in [5.74, 6) is -1.34. The monoisotopic (exact) mass is 298 g/mol. The second-order valence-corrected chi connectivity index (χ2v) is 4.36. The van der Waals surface area contributed by atoms with E-state index in [4.69, 9.17) is 28.9 Å². The number of amides is 1. The van der Waals surface area contributed by atoms with Crippen LogP contribution in [0.25, 0.3) is 6.08 Å². The van der Waals surface area contributed by atoms with Gasteiger partial charge in [-0.05, 0) is 36.0 Å². The van der Waals surface area contributed by atoms with Crippen LogP contribution in [0.5, 0.6) is 0 Å². The van der Waals surface area contributed by atoms with Gasteiger partial charge in [0.15, 0.2) is 5.11 Å². The van der Waals surface area contributed by atoms with Crippen LogP contribution in [-0.4, -0.2) is 22.1 Å². The third-order valence-electron chi connectivity index (χ3n) is 1.95. The van der Waals surface area contributed by atoms with Gasteiger partial charge >= 0.3 is 5.97 Å². The van der Waals surface area contributed by atoms with E-state index >= 15 is 0 Å². The van der Waals surface area contributed by atoms with Crippen molar-refractivity contribution in [3.05, 3.63) is 34.9 Å². The van der Waals surface area contributed by atoms with E-state index in [9.17, 15) is 9.59 Å². The number of halogens is 1. The molecule has 5 nitrogen and oxygen atoms in total. The van der Waals surface area contributed by atoms with Crippen LogP contribution in [0.2, 0.25) is 5.02 Å². The number of hydrogen-bond acceptors (Lipinski definition) is 3. The summed E-state index contributed by atoms with van der Waals surface area (Å²) < 4.78 is 0. The van der Waals surface area contributed by atoms with Gasteiger partial charge in [0.05, 0.1) is 10.7 Å². The number of carboxylic acid groups (broad SMARTS) is 1. The van der Waals surface area contributed by atoms with Gasteiger partial charge < -0.3 is 15.7 Å². The summed E-state index contributed by atoms with van der Waals surface area (Å²) in [5.41, 5.74) is 1.12. The summed E-state index contributed by atoms with van der Waals surface area (Å²) in [6, 6.07) is 4.88. The van der Waals surface area contributed by atoms with Crippen molar-refractivity contribution in [2.45, 2.75) is 6.92 Å². The SMILES string of the molecule is CC(=O)NC(=S)Nc1cc(/C=C/C(=O)O)ccc1Cl. The molecule has 0 aliphatic carbocycles. The molecule has 0 spiro atoms. The molecule has 0 saturated carbocycles. The van der Waals surface area contributed by atoms with Gasteiger partial charge in [-0.1, -0.05) is 17.7 Å². The number of thiocarbonyl (C=S) groups is 1. The number of anilines is 1. The molecular weight excluding hydrogens is 288 g/mol. The molecule has 0 bridgehead atoms. The molecule has 0 radical (unpaired) electrons. The van der Waals surface area contributed by atoms with Gasteiger partial charge in [-0.25, -0.2) is 4.79 Å². The van der Waals surface area contributed by atoms with Crippen LogP contribution in [0.1, 0.15) is 12.5 Å². The number of hydrogen-bond donors (Lipinski definition) is 3. The number of rotatable bonds is 3. The van der Waals surface area contributed by atoms with E-state index in [-0.39, 0.29) is 11.0 Å². The normalized spacial score (nSPS) is 10.2. The van der Waals surface area contributed by atoms with E-state index in [2.05, 4.69) is 10.6 Å². The summed E-state index contributed by atoms with van der Waals surface area (Å²) >= 11 is 10.9. The Morgan fingerprint density at radius 2 is 2.11 bits per heavy atom. The maximum atomic E-state index is 10.8. The smallest absolute Gasteiger partial charge is 0.328 e. The molecule has 19 heavy (non-hydrogen) atoms. The first kappa shape index (κ1) is 15.1. The van der Waals surface area contributed by atoms with Gasteiger partial charge in [0.25, 0.3) is 0 Å². The first-order valence-electron chi connectivity index (χ1n) is 5.17. The van der Waals surface area contributed by atoms with Gasteiger partial charge in [0.2, 0.25) is 5.91 Å². The largest absolute Gasteiger partial charge is 0.478 e. The molecule has 0 saturated heterocycles. The molecule has 7 heteroatoms. The average molecular weight is 299 g/mol. The first-order chi connectivity index (χ1) is 8.88. The Bertz CT molecular complexity index is 558. The van der Waals surface area contributed by atoms with Gasteiger partial charge in [-0.2, -0.15) is 0 Å². The molecule has 1 rings (SSSR count). The zero-order valence-electron chi connectivity index (χ0n) is 9.94. The molecule has 0 fully saturated rings. The molecule has 0 unspecified atom stereocenters. The number of carbonyl (C=O) groups is 2. The highest BCUT2D eigenvalue weighted by atomic mass is 35.5. The molecule has 0 aliphatic heterocycles. The number of nitrogens with one attached hydrogen (secondary N) is 2. The highest BCUT2D eigenvalue weighted by Crippen LogP contribution is 2.23. The maximum Gasteiger partial charge on any atom is 0.328 e. The van der Waals surface area contributed by atoms with Crippen molar-refractivity contribution in [2.24, 2.45) is 0 Å². The van der Waals surface area contributed by atoms with E-state index in [1.807, 2.05) is 0 Å². The number of carboxylic acids is 1. The lowest BCUT2D eigenvalue weighted by Gasteiger charge is -2.10. The first-order valence-corrected chi connectivity index (χ1v) is 5.96. The summed E-state index contributed by atoms with van der Waals surface area (Å²) in [7, 11) is 0. The molecule has 100 valence electrons. The fraction of sp³-hybridized carbons (Fsp3) is 0.0833. The van der Waals surface area contributed by atoms with Gasteiger partial charge in [0, 0.05) is 13.0 Å². The van der Waals surface area contributed by atoms with Crippen molar-refractivity contribution in [1.29, 1.82) is 0 Å². The lowest BCUT2D eigenvalue weighted by atomic mass is 10.2. The molecule has 0 aromatic heterocycles. The Hall–Kier alpha value is -1.92. The maximum absolute atomic E-state index is 10.8. The minimum absolute atomic E-state index is 0.119. The summed E-state index contributed by atoms with van der Waals surface area (Å²) in [5, 5.41) is 14.2. The van der Waals surface area contributed by atoms with E-state index in [0.29, 0.717) is 16.3 Å². The Balaban J connectivity index is 2.88. The van der Waals surface area contributed by atoms with Crippen molar-refractivity contribution in [3.63, 3.8) is 0 Å². The van der Waals surface area contributed by atoms with Crippen LogP contribution in [0, 0.1) is 0 Å². The Labute approximate surface area is 120 Å². The van der Waals surface area contributed by atoms with Crippen LogP contribution in [0.4, 0.5) is 5.69 Å². The van der Waals surface area contributed by atoms with Crippen molar-refractivity contribution in [1.82, 2.24) is 5.32 Å². The van der Waals surface area contributed by atoms with E-state index < -0.39 is 5.97 Å². The Morgan fingerprint density at radius 3 is 2.68 bits per heavy atom. The number of carbonyl (C=O) groups excluding carboxylic acids is 1. The standard InChI is InChI=1S/C12H11ClN2O3S/c1-7(16)14-12(19)15-10-6-8(2-4-9(10)13)3-5-11(17)18/h2-6H,1H3,(H,17,18)(H2,14,15,16,19)/b5-3+. The van der Waals surface area contributed by atoms with Crippen LogP contribution in [0.15, 0.2) is 24.3 Å². The van der Waals surface area contributed by atoms with Crippen LogP contribution in [-0.2, 0) is 9.59 Å². The quantitative estimate of drug-likeness (QED) is 0.589. The molecule has 0 aliphatic rings. The van der Waals surface area contributed by atoms with Gasteiger partial charge in [0.1, 0.15) is 0 Å². The highest BCUT2D eigenvalue weighted by molar-refractivity contribution is 7.80. The molecule has 1 aromatic rings. The second-order valence-electron chi connectivity index (χ2n) is 3.55. The van der Waals surface area contributed by atoms with Crippen molar-refractivity contribution in [3.8, 4) is 0 Å². The molecule has 1 aromatic carbocycles. The van der Waals surface area contributed by atoms with Crippen molar-refractivity contribution in [2.75, 3.05) is 5.32 Å². The van der Waals surface area contributed by atoms with Gasteiger partial charge in [-0.15, -0.1) is 0 Å². The van der Waals surface area contributed by atoms with E-state index in [1.165, 1.54) is 13.0 Å². The Morgan fingerprint density at radius 1 is 1.42 bits per heavy atom. The Kier molecular flexibility index (Phi) is 5.47. The van der Waals surface area contributed by atoms with Crippen molar-refractivity contribution >= 4 is 52.6 Å². The van der Waals surface area contributed by atoms with Crippen LogP contribution >= 0.6 is 23.8 Å². The third-order valence-corrected chi connectivity index (χ3v) is 2.48. The van der Waals surface area contributed by atoms with Gasteiger partial charge in [-0.3, -0.25) is 4.79 Å². The molecule has 0 atom stereocenters. The van der Waals surface area contributed by atoms with Crippen molar-refractivity contribution < 1.29 is 14.7 Å². The zero-order valence-corrected chi connectivity index (χ0v) is 11.5. The zero-order chi connectivity index (χ0) is 14.4. The highest BCUT2D eigenvalue weighted by Gasteiger charge is 2.04. The molecule has 3 N–H and O–H groups in total. The average Bonchev–Trinajstić information content (AvgIpc) is 2.29. The minimum Gasteiger partial charge on any atom is -0.478 e. The fourth-order valence-corrected chi connectivity index (χ4v) is 1.64. The lowest BCUT2D eigenvalue weighted by Crippen LogP contribution is -2.32. The van der Waals surface area contributed by atoms with E-state index in [0.717, 1.165) is 6.08 Å².